The summed E-state index contributed by atoms with van der Waals surface area (Å²) >= 11 is 0. The number of nitrogens with one attached hydrogen (secondary N) is 2. The maximum Gasteiger partial charge on any atom is 0.175 e. The standard InChI is InChI=1S/C17H19N5O/c1-11(2)13-4-6-14(7-5-13)20-15-9-16(19-10-18-15)21-17-8-12(3)23-22-17/h4-11H,1-3H3,(H2,18,19,20,21,22). The van der Waals surface area contributed by atoms with E-state index >= 15 is 0 Å². The van der Waals surface area contributed by atoms with Gasteiger partial charge in [-0.15, -0.1) is 0 Å². The number of nitrogens with zero attached hydrogens (tertiary/aromatic N) is 3. The van der Waals surface area contributed by atoms with Gasteiger partial charge in [-0.2, -0.15) is 0 Å². The van der Waals surface area contributed by atoms with Crippen molar-refractivity contribution in [1.29, 1.82) is 0 Å². The maximum absolute atomic E-state index is 5.02. The van der Waals surface area contributed by atoms with Crippen LogP contribution < -0.4 is 10.6 Å². The molecular weight excluding hydrogens is 290 g/mol. The van der Waals surface area contributed by atoms with Gasteiger partial charge in [-0.25, -0.2) is 9.97 Å². The molecular formula is C17H19N5O. The molecule has 0 spiro atoms. The van der Waals surface area contributed by atoms with Gasteiger partial charge >= 0.3 is 0 Å². The lowest BCUT2D eigenvalue weighted by Crippen LogP contribution is -1.98. The topological polar surface area (TPSA) is 75.9 Å². The van der Waals surface area contributed by atoms with Crippen molar-refractivity contribution in [3.05, 3.63) is 54.0 Å². The van der Waals surface area contributed by atoms with Crippen molar-refractivity contribution < 1.29 is 4.52 Å². The van der Waals surface area contributed by atoms with E-state index in [-0.39, 0.29) is 0 Å². The van der Waals surface area contributed by atoms with Gasteiger partial charge in [0, 0.05) is 17.8 Å². The Labute approximate surface area is 135 Å². The fourth-order valence-electron chi connectivity index (χ4n) is 2.15. The van der Waals surface area contributed by atoms with Gasteiger partial charge in [-0.05, 0) is 30.5 Å². The number of aromatic nitrogens is 3. The molecule has 118 valence electrons. The van der Waals surface area contributed by atoms with Crippen molar-refractivity contribution in [1.82, 2.24) is 15.1 Å². The molecule has 6 nitrogen and oxygen atoms in total. The molecule has 6 heteroatoms. The van der Waals surface area contributed by atoms with E-state index in [4.69, 9.17) is 4.52 Å². The smallest absolute Gasteiger partial charge is 0.175 e. The van der Waals surface area contributed by atoms with Crippen LogP contribution >= 0.6 is 0 Å². The number of aryl methyl sites for hydroxylation is 1. The zero-order chi connectivity index (χ0) is 16.2. The van der Waals surface area contributed by atoms with Crippen LogP contribution in [-0.4, -0.2) is 15.1 Å². The third-order valence-corrected chi connectivity index (χ3v) is 3.40. The number of hydrogen-bond acceptors (Lipinski definition) is 6. The minimum atomic E-state index is 0.518. The highest BCUT2D eigenvalue weighted by atomic mass is 16.5. The average molecular weight is 309 g/mol. The molecule has 23 heavy (non-hydrogen) atoms. The van der Waals surface area contributed by atoms with Crippen LogP contribution in [0.2, 0.25) is 0 Å². The number of hydrogen-bond donors (Lipinski definition) is 2. The molecule has 0 aliphatic carbocycles. The zero-order valence-electron chi connectivity index (χ0n) is 13.4. The predicted octanol–water partition coefficient (Wildman–Crippen LogP) is 4.38. The predicted molar refractivity (Wildman–Crippen MR) is 90.4 cm³/mol. The van der Waals surface area contributed by atoms with Crippen molar-refractivity contribution in [2.45, 2.75) is 26.7 Å². The average Bonchev–Trinajstić information content (AvgIpc) is 2.93. The van der Waals surface area contributed by atoms with E-state index in [0.717, 1.165) is 11.4 Å². The lowest BCUT2D eigenvalue weighted by atomic mass is 10.0. The molecule has 2 N–H and O–H groups in total. The molecule has 0 atom stereocenters. The molecule has 0 saturated carbocycles. The van der Waals surface area contributed by atoms with E-state index in [1.54, 1.807) is 6.07 Å². The zero-order valence-corrected chi connectivity index (χ0v) is 13.4. The summed E-state index contributed by atoms with van der Waals surface area (Å²) in [5.74, 6) is 3.23. The van der Waals surface area contributed by atoms with Gasteiger partial charge < -0.3 is 15.2 Å². The molecule has 0 aliphatic rings. The van der Waals surface area contributed by atoms with Gasteiger partial charge in [0.05, 0.1) is 0 Å². The van der Waals surface area contributed by atoms with Crippen LogP contribution in [0, 0.1) is 6.92 Å². The number of benzene rings is 1. The van der Waals surface area contributed by atoms with Crippen molar-refractivity contribution in [2.75, 3.05) is 10.6 Å². The number of anilines is 4. The minimum Gasteiger partial charge on any atom is -0.360 e. The quantitative estimate of drug-likeness (QED) is 0.728. The van der Waals surface area contributed by atoms with E-state index in [0.29, 0.717) is 23.4 Å². The molecule has 1 aromatic carbocycles. The molecule has 0 aliphatic heterocycles. The van der Waals surface area contributed by atoms with Crippen LogP contribution in [0.3, 0.4) is 0 Å². The second-order valence-electron chi connectivity index (χ2n) is 5.64. The summed E-state index contributed by atoms with van der Waals surface area (Å²) in [6.07, 6.45) is 1.50. The Kier molecular flexibility index (Phi) is 4.23. The first-order chi connectivity index (χ1) is 11.1. The highest BCUT2D eigenvalue weighted by molar-refractivity contribution is 5.61. The summed E-state index contributed by atoms with van der Waals surface area (Å²) in [7, 11) is 0. The van der Waals surface area contributed by atoms with Crippen LogP contribution in [-0.2, 0) is 0 Å². The van der Waals surface area contributed by atoms with E-state index in [2.05, 4.69) is 51.7 Å². The van der Waals surface area contributed by atoms with Crippen LogP contribution in [0.5, 0.6) is 0 Å². The normalized spacial score (nSPS) is 10.8. The molecule has 2 heterocycles. The lowest BCUT2D eigenvalue weighted by molar-refractivity contribution is 0.400. The first-order valence-electron chi connectivity index (χ1n) is 7.49. The van der Waals surface area contributed by atoms with Crippen LogP contribution in [0.1, 0.15) is 31.1 Å². The largest absolute Gasteiger partial charge is 0.360 e. The maximum atomic E-state index is 5.02. The van der Waals surface area contributed by atoms with Crippen molar-refractivity contribution in [2.24, 2.45) is 0 Å². The second-order valence-corrected chi connectivity index (χ2v) is 5.64. The van der Waals surface area contributed by atoms with Crippen LogP contribution in [0.4, 0.5) is 23.1 Å². The summed E-state index contributed by atoms with van der Waals surface area (Å²) in [5, 5.41) is 10.2. The molecule has 0 amide bonds. The highest BCUT2D eigenvalue weighted by Crippen LogP contribution is 2.21. The van der Waals surface area contributed by atoms with Gasteiger partial charge in [-0.1, -0.05) is 31.1 Å². The summed E-state index contributed by atoms with van der Waals surface area (Å²) in [6.45, 7) is 6.19. The minimum absolute atomic E-state index is 0.518. The van der Waals surface area contributed by atoms with Gasteiger partial charge in [0.2, 0.25) is 0 Å². The third kappa shape index (κ3) is 3.85. The third-order valence-electron chi connectivity index (χ3n) is 3.40. The van der Waals surface area contributed by atoms with Crippen molar-refractivity contribution in [3.8, 4) is 0 Å². The Morgan fingerprint density at radius 2 is 1.61 bits per heavy atom. The Morgan fingerprint density at radius 1 is 0.913 bits per heavy atom. The Morgan fingerprint density at radius 3 is 2.22 bits per heavy atom. The Bertz CT molecular complexity index is 780. The summed E-state index contributed by atoms with van der Waals surface area (Å²) < 4.78 is 5.02. The van der Waals surface area contributed by atoms with E-state index in [1.807, 2.05) is 25.1 Å². The Hall–Kier alpha value is -2.89. The van der Waals surface area contributed by atoms with Gasteiger partial charge in [0.1, 0.15) is 23.7 Å². The molecule has 0 radical (unpaired) electrons. The first kappa shape index (κ1) is 15.0. The second kappa shape index (κ2) is 6.48. The fourth-order valence-corrected chi connectivity index (χ4v) is 2.15. The first-order valence-corrected chi connectivity index (χ1v) is 7.49. The van der Waals surface area contributed by atoms with E-state index < -0.39 is 0 Å². The summed E-state index contributed by atoms with van der Waals surface area (Å²) in [6, 6.07) is 12.0. The summed E-state index contributed by atoms with van der Waals surface area (Å²) in [5.41, 5.74) is 2.29. The molecule has 0 bridgehead atoms. The van der Waals surface area contributed by atoms with Gasteiger partial charge in [0.25, 0.3) is 0 Å². The fraction of sp³-hybridized carbons (Fsp3) is 0.235. The van der Waals surface area contributed by atoms with Crippen LogP contribution in [0.15, 0.2) is 47.2 Å². The summed E-state index contributed by atoms with van der Waals surface area (Å²) in [4.78, 5) is 8.41. The van der Waals surface area contributed by atoms with E-state index in [9.17, 15) is 0 Å². The van der Waals surface area contributed by atoms with E-state index in [1.165, 1.54) is 11.9 Å². The molecule has 0 saturated heterocycles. The van der Waals surface area contributed by atoms with Gasteiger partial charge in [0.15, 0.2) is 5.82 Å². The highest BCUT2D eigenvalue weighted by Gasteiger charge is 2.04. The lowest BCUT2D eigenvalue weighted by Gasteiger charge is -2.09. The van der Waals surface area contributed by atoms with Gasteiger partial charge in [-0.3, -0.25) is 0 Å². The van der Waals surface area contributed by atoms with Crippen LogP contribution in [0.25, 0.3) is 0 Å². The molecule has 3 aromatic rings. The monoisotopic (exact) mass is 309 g/mol. The number of rotatable bonds is 5. The Balaban J connectivity index is 1.72. The van der Waals surface area contributed by atoms with Crippen molar-refractivity contribution in [3.63, 3.8) is 0 Å². The van der Waals surface area contributed by atoms with Crippen molar-refractivity contribution >= 4 is 23.1 Å². The SMILES string of the molecule is Cc1cc(Nc2cc(Nc3ccc(C(C)C)cc3)ncn2)no1. The molecule has 3 rings (SSSR count). The molecule has 0 unspecified atom stereocenters. The molecule has 0 fully saturated rings. The molecule has 2 aromatic heterocycles.